The van der Waals surface area contributed by atoms with Crippen molar-refractivity contribution in [2.75, 3.05) is 26.9 Å². The van der Waals surface area contributed by atoms with Crippen molar-refractivity contribution in [3.63, 3.8) is 0 Å². The molecule has 1 aliphatic rings. The standard InChI is InChI=1S/C14H21NO5S/c1-14(19-10-3-11-20-14)8-9-15-21(16,17)13-6-4-12(18-2)5-7-13/h4-7,15H,3,8-11H2,1-2H3. The second kappa shape index (κ2) is 6.74. The Labute approximate surface area is 125 Å². The molecule has 7 heteroatoms. The van der Waals surface area contributed by atoms with E-state index in [1.165, 1.54) is 19.2 Å². The first-order chi connectivity index (χ1) is 9.95. The lowest BCUT2D eigenvalue weighted by Crippen LogP contribution is -2.40. The molecule has 1 heterocycles. The Bertz CT molecular complexity index is 549. The molecule has 2 rings (SSSR count). The van der Waals surface area contributed by atoms with Crippen LogP contribution in [0.2, 0.25) is 0 Å². The average Bonchev–Trinajstić information content (AvgIpc) is 2.47. The van der Waals surface area contributed by atoms with Gasteiger partial charge in [-0.3, -0.25) is 0 Å². The zero-order valence-corrected chi connectivity index (χ0v) is 13.1. The van der Waals surface area contributed by atoms with Crippen LogP contribution in [-0.2, 0) is 19.5 Å². The molecule has 6 nitrogen and oxygen atoms in total. The Kier molecular flexibility index (Phi) is 5.21. The maximum absolute atomic E-state index is 12.1. The van der Waals surface area contributed by atoms with Gasteiger partial charge >= 0.3 is 0 Å². The van der Waals surface area contributed by atoms with Crippen LogP contribution >= 0.6 is 0 Å². The quantitative estimate of drug-likeness (QED) is 0.861. The summed E-state index contributed by atoms with van der Waals surface area (Å²) < 4.78 is 42.9. The number of ether oxygens (including phenoxy) is 3. The fraction of sp³-hybridized carbons (Fsp3) is 0.571. The first-order valence-corrected chi connectivity index (χ1v) is 8.35. The summed E-state index contributed by atoms with van der Waals surface area (Å²) in [4.78, 5) is 0.207. The van der Waals surface area contributed by atoms with Crippen molar-refractivity contribution >= 4 is 10.0 Å². The summed E-state index contributed by atoms with van der Waals surface area (Å²) in [5.41, 5.74) is 0. The van der Waals surface area contributed by atoms with E-state index in [9.17, 15) is 8.42 Å². The summed E-state index contributed by atoms with van der Waals surface area (Å²) in [6.07, 6.45) is 1.33. The van der Waals surface area contributed by atoms with Crippen LogP contribution in [0, 0.1) is 0 Å². The lowest BCUT2D eigenvalue weighted by atomic mass is 10.2. The largest absolute Gasteiger partial charge is 0.497 e. The molecular weight excluding hydrogens is 294 g/mol. The molecule has 0 amide bonds. The summed E-state index contributed by atoms with van der Waals surface area (Å²) in [7, 11) is -2.00. The van der Waals surface area contributed by atoms with Gasteiger partial charge in [-0.2, -0.15) is 0 Å². The van der Waals surface area contributed by atoms with Gasteiger partial charge in [0, 0.05) is 13.0 Å². The molecule has 1 aliphatic heterocycles. The van der Waals surface area contributed by atoms with Gasteiger partial charge in [0.05, 0.1) is 25.2 Å². The highest BCUT2D eigenvalue weighted by Crippen LogP contribution is 2.22. The number of hydrogen-bond donors (Lipinski definition) is 1. The van der Waals surface area contributed by atoms with Crippen molar-refractivity contribution in [2.45, 2.75) is 30.4 Å². The van der Waals surface area contributed by atoms with Gasteiger partial charge in [0.2, 0.25) is 10.0 Å². The summed E-state index contributed by atoms with van der Waals surface area (Å²) in [5, 5.41) is 0. The Morgan fingerprint density at radius 3 is 2.43 bits per heavy atom. The Morgan fingerprint density at radius 1 is 1.24 bits per heavy atom. The van der Waals surface area contributed by atoms with Crippen LogP contribution < -0.4 is 9.46 Å². The van der Waals surface area contributed by atoms with Crippen LogP contribution in [0.1, 0.15) is 19.8 Å². The van der Waals surface area contributed by atoms with Gasteiger partial charge in [0.25, 0.3) is 0 Å². The predicted octanol–water partition coefficient (Wildman–Crippen LogP) is 1.52. The molecule has 0 aromatic heterocycles. The van der Waals surface area contributed by atoms with E-state index in [0.29, 0.717) is 25.4 Å². The van der Waals surface area contributed by atoms with Crippen LogP contribution in [0.3, 0.4) is 0 Å². The van der Waals surface area contributed by atoms with Gasteiger partial charge in [0.1, 0.15) is 5.75 Å². The first-order valence-electron chi connectivity index (χ1n) is 6.87. The number of benzene rings is 1. The molecule has 1 fully saturated rings. The third kappa shape index (κ3) is 4.41. The van der Waals surface area contributed by atoms with Crippen molar-refractivity contribution in [1.29, 1.82) is 0 Å². The molecule has 1 N–H and O–H groups in total. The molecule has 0 bridgehead atoms. The Balaban J connectivity index is 1.91. The maximum atomic E-state index is 12.1. The van der Waals surface area contributed by atoms with E-state index in [0.717, 1.165) is 6.42 Å². The van der Waals surface area contributed by atoms with Crippen molar-refractivity contribution < 1.29 is 22.6 Å². The van der Waals surface area contributed by atoms with Crippen LogP contribution in [0.5, 0.6) is 5.75 Å². The van der Waals surface area contributed by atoms with E-state index in [1.54, 1.807) is 12.1 Å². The van der Waals surface area contributed by atoms with Crippen molar-refractivity contribution in [2.24, 2.45) is 0 Å². The normalized spacial score (nSPS) is 18.4. The van der Waals surface area contributed by atoms with E-state index in [2.05, 4.69) is 4.72 Å². The molecule has 0 unspecified atom stereocenters. The third-order valence-electron chi connectivity index (χ3n) is 3.34. The van der Waals surface area contributed by atoms with Gasteiger partial charge in [-0.05, 0) is 37.6 Å². The number of nitrogens with one attached hydrogen (secondary N) is 1. The summed E-state index contributed by atoms with van der Waals surface area (Å²) in [6.45, 7) is 3.36. The van der Waals surface area contributed by atoms with Gasteiger partial charge in [-0.15, -0.1) is 0 Å². The summed E-state index contributed by atoms with van der Waals surface area (Å²) in [5.74, 6) is -0.0915. The Morgan fingerprint density at radius 2 is 1.86 bits per heavy atom. The van der Waals surface area contributed by atoms with Gasteiger partial charge in [-0.1, -0.05) is 0 Å². The second-order valence-corrected chi connectivity index (χ2v) is 6.77. The van der Waals surface area contributed by atoms with E-state index >= 15 is 0 Å². The van der Waals surface area contributed by atoms with Crippen LogP contribution in [-0.4, -0.2) is 41.1 Å². The highest BCUT2D eigenvalue weighted by atomic mass is 32.2. The lowest BCUT2D eigenvalue weighted by molar-refractivity contribution is -0.257. The zero-order valence-electron chi connectivity index (χ0n) is 12.3. The minimum absolute atomic E-state index is 0.207. The molecule has 0 spiro atoms. The highest BCUT2D eigenvalue weighted by molar-refractivity contribution is 7.89. The number of sulfonamides is 1. The molecule has 21 heavy (non-hydrogen) atoms. The van der Waals surface area contributed by atoms with Crippen molar-refractivity contribution in [1.82, 2.24) is 4.72 Å². The van der Waals surface area contributed by atoms with E-state index in [-0.39, 0.29) is 11.4 Å². The summed E-state index contributed by atoms with van der Waals surface area (Å²) >= 11 is 0. The average molecular weight is 315 g/mol. The molecule has 0 atom stereocenters. The molecule has 118 valence electrons. The SMILES string of the molecule is COc1ccc(S(=O)(=O)NCCC2(C)OCCCO2)cc1. The van der Waals surface area contributed by atoms with E-state index in [4.69, 9.17) is 14.2 Å². The smallest absolute Gasteiger partial charge is 0.240 e. The first kappa shape index (κ1) is 16.2. The molecule has 0 radical (unpaired) electrons. The van der Waals surface area contributed by atoms with Crippen LogP contribution in [0.15, 0.2) is 29.2 Å². The summed E-state index contributed by atoms with van der Waals surface area (Å²) in [6, 6.07) is 6.25. The highest BCUT2D eigenvalue weighted by Gasteiger charge is 2.29. The van der Waals surface area contributed by atoms with E-state index in [1.807, 2.05) is 6.92 Å². The minimum atomic E-state index is -3.53. The molecule has 1 saturated heterocycles. The number of hydrogen-bond acceptors (Lipinski definition) is 5. The van der Waals surface area contributed by atoms with Crippen LogP contribution in [0.4, 0.5) is 0 Å². The number of methoxy groups -OCH3 is 1. The number of rotatable bonds is 6. The van der Waals surface area contributed by atoms with Crippen molar-refractivity contribution in [3.8, 4) is 5.75 Å². The minimum Gasteiger partial charge on any atom is -0.497 e. The van der Waals surface area contributed by atoms with Gasteiger partial charge in [-0.25, -0.2) is 13.1 Å². The maximum Gasteiger partial charge on any atom is 0.240 e. The fourth-order valence-corrected chi connectivity index (χ4v) is 3.10. The van der Waals surface area contributed by atoms with E-state index < -0.39 is 15.8 Å². The molecule has 0 aliphatic carbocycles. The monoisotopic (exact) mass is 315 g/mol. The third-order valence-corrected chi connectivity index (χ3v) is 4.82. The zero-order chi connectivity index (χ0) is 15.3. The molecule has 1 aromatic rings. The van der Waals surface area contributed by atoms with Gasteiger partial charge < -0.3 is 14.2 Å². The lowest BCUT2D eigenvalue weighted by Gasteiger charge is -2.33. The van der Waals surface area contributed by atoms with Gasteiger partial charge in [0.15, 0.2) is 5.79 Å². The molecule has 1 aromatic carbocycles. The molecular formula is C14H21NO5S. The second-order valence-electron chi connectivity index (χ2n) is 5.01. The van der Waals surface area contributed by atoms with Crippen LogP contribution in [0.25, 0.3) is 0 Å². The predicted molar refractivity (Wildman–Crippen MR) is 77.7 cm³/mol. The fourth-order valence-electron chi connectivity index (χ4n) is 2.07. The topological polar surface area (TPSA) is 73.9 Å². The van der Waals surface area contributed by atoms with Crippen molar-refractivity contribution in [3.05, 3.63) is 24.3 Å². The Hall–Kier alpha value is -1.15. The molecule has 0 saturated carbocycles.